The van der Waals surface area contributed by atoms with Gasteiger partial charge in [-0.15, -0.1) is 0 Å². The van der Waals surface area contributed by atoms with E-state index in [9.17, 15) is 13.2 Å². The SMILES string of the molecule is CC(C)(C)NCc1noc(-c2ccc(C(F)(F)F)cc2)n1. The molecule has 0 fully saturated rings. The molecule has 7 heteroatoms. The minimum atomic E-state index is -4.35. The molecule has 1 aromatic carbocycles. The van der Waals surface area contributed by atoms with Crippen LogP contribution in [0.1, 0.15) is 32.2 Å². The van der Waals surface area contributed by atoms with Gasteiger partial charge in [-0.25, -0.2) is 0 Å². The first-order valence-electron chi connectivity index (χ1n) is 6.40. The third kappa shape index (κ3) is 4.29. The zero-order valence-electron chi connectivity index (χ0n) is 12.0. The lowest BCUT2D eigenvalue weighted by Gasteiger charge is -2.18. The number of hydrogen-bond donors (Lipinski definition) is 1. The van der Waals surface area contributed by atoms with Crippen LogP contribution in [0, 0.1) is 0 Å². The smallest absolute Gasteiger partial charge is 0.334 e. The van der Waals surface area contributed by atoms with E-state index in [0.717, 1.165) is 12.1 Å². The maximum Gasteiger partial charge on any atom is 0.416 e. The van der Waals surface area contributed by atoms with Gasteiger partial charge in [0.1, 0.15) is 0 Å². The van der Waals surface area contributed by atoms with Crippen molar-refractivity contribution < 1.29 is 17.7 Å². The van der Waals surface area contributed by atoms with Crippen molar-refractivity contribution in [1.82, 2.24) is 15.5 Å². The number of aromatic nitrogens is 2. The summed E-state index contributed by atoms with van der Waals surface area (Å²) in [6, 6.07) is 4.62. The standard InChI is InChI=1S/C14H16F3N3O/c1-13(2,3)18-8-11-19-12(21-20-11)9-4-6-10(7-5-9)14(15,16)17/h4-7,18H,8H2,1-3H3. The second-order valence-corrected chi connectivity index (χ2v) is 5.69. The average Bonchev–Trinajstić information content (AvgIpc) is 2.83. The van der Waals surface area contributed by atoms with Gasteiger partial charge < -0.3 is 9.84 Å². The summed E-state index contributed by atoms with van der Waals surface area (Å²) in [5, 5.41) is 6.99. The monoisotopic (exact) mass is 299 g/mol. The number of nitrogens with one attached hydrogen (secondary N) is 1. The molecule has 0 saturated carbocycles. The number of hydrogen-bond acceptors (Lipinski definition) is 4. The van der Waals surface area contributed by atoms with Crippen LogP contribution in [0.15, 0.2) is 28.8 Å². The van der Waals surface area contributed by atoms with Crippen molar-refractivity contribution >= 4 is 0 Å². The predicted molar refractivity (Wildman–Crippen MR) is 71.3 cm³/mol. The molecule has 0 spiro atoms. The van der Waals surface area contributed by atoms with E-state index in [2.05, 4.69) is 15.5 Å². The molecule has 1 heterocycles. The molecule has 21 heavy (non-hydrogen) atoms. The number of nitrogens with zero attached hydrogens (tertiary/aromatic N) is 2. The van der Waals surface area contributed by atoms with Crippen molar-refractivity contribution in [1.29, 1.82) is 0 Å². The highest BCUT2D eigenvalue weighted by Gasteiger charge is 2.30. The molecular weight excluding hydrogens is 283 g/mol. The first kappa shape index (κ1) is 15.5. The Morgan fingerprint density at radius 3 is 2.24 bits per heavy atom. The zero-order chi connectivity index (χ0) is 15.7. The highest BCUT2D eigenvalue weighted by Crippen LogP contribution is 2.30. The molecule has 0 saturated heterocycles. The fourth-order valence-electron chi connectivity index (χ4n) is 1.59. The van der Waals surface area contributed by atoms with Crippen molar-refractivity contribution in [3.63, 3.8) is 0 Å². The minimum Gasteiger partial charge on any atom is -0.334 e. The van der Waals surface area contributed by atoms with Crippen LogP contribution in [0.2, 0.25) is 0 Å². The van der Waals surface area contributed by atoms with E-state index in [4.69, 9.17) is 4.52 Å². The van der Waals surface area contributed by atoms with Gasteiger partial charge in [0.25, 0.3) is 5.89 Å². The van der Waals surface area contributed by atoms with E-state index in [-0.39, 0.29) is 11.4 Å². The van der Waals surface area contributed by atoms with Gasteiger partial charge in [0, 0.05) is 11.1 Å². The molecule has 2 rings (SSSR count). The van der Waals surface area contributed by atoms with Crippen LogP contribution in [-0.4, -0.2) is 15.7 Å². The molecule has 0 aliphatic rings. The Kier molecular flexibility index (Phi) is 4.04. The van der Waals surface area contributed by atoms with Crippen molar-refractivity contribution in [3.8, 4) is 11.5 Å². The highest BCUT2D eigenvalue weighted by atomic mass is 19.4. The molecule has 0 atom stereocenters. The van der Waals surface area contributed by atoms with E-state index in [0.29, 0.717) is 17.9 Å². The lowest BCUT2D eigenvalue weighted by atomic mass is 10.1. The van der Waals surface area contributed by atoms with Gasteiger partial charge in [-0.2, -0.15) is 18.2 Å². The molecule has 2 aromatic rings. The first-order chi connectivity index (χ1) is 9.65. The second kappa shape index (κ2) is 5.48. The van der Waals surface area contributed by atoms with Gasteiger partial charge in [-0.05, 0) is 45.0 Å². The summed E-state index contributed by atoms with van der Waals surface area (Å²) < 4.78 is 42.5. The number of benzene rings is 1. The summed E-state index contributed by atoms with van der Waals surface area (Å²) in [7, 11) is 0. The van der Waals surface area contributed by atoms with Gasteiger partial charge in [-0.1, -0.05) is 5.16 Å². The predicted octanol–water partition coefficient (Wildman–Crippen LogP) is 3.64. The van der Waals surface area contributed by atoms with Crippen molar-refractivity contribution in [3.05, 3.63) is 35.7 Å². The highest BCUT2D eigenvalue weighted by molar-refractivity contribution is 5.53. The lowest BCUT2D eigenvalue weighted by molar-refractivity contribution is -0.137. The van der Waals surface area contributed by atoms with Gasteiger partial charge in [-0.3, -0.25) is 0 Å². The Bertz CT molecular complexity index is 597. The largest absolute Gasteiger partial charge is 0.416 e. The van der Waals surface area contributed by atoms with E-state index < -0.39 is 11.7 Å². The summed E-state index contributed by atoms with van der Waals surface area (Å²) >= 11 is 0. The normalized spacial score (nSPS) is 12.7. The van der Waals surface area contributed by atoms with Crippen molar-refractivity contribution in [2.45, 2.75) is 39.0 Å². The Hall–Kier alpha value is -1.89. The Morgan fingerprint density at radius 1 is 1.10 bits per heavy atom. The summed E-state index contributed by atoms with van der Waals surface area (Å²) in [4.78, 5) is 4.15. The summed E-state index contributed by atoms with van der Waals surface area (Å²) in [5.41, 5.74) is -0.340. The Morgan fingerprint density at radius 2 is 1.71 bits per heavy atom. The summed E-state index contributed by atoms with van der Waals surface area (Å²) in [6.45, 7) is 6.44. The summed E-state index contributed by atoms with van der Waals surface area (Å²) in [6.07, 6.45) is -4.35. The van der Waals surface area contributed by atoms with Gasteiger partial charge in [0.2, 0.25) is 0 Å². The van der Waals surface area contributed by atoms with Crippen LogP contribution >= 0.6 is 0 Å². The maximum absolute atomic E-state index is 12.5. The molecule has 1 aromatic heterocycles. The van der Waals surface area contributed by atoms with Crippen molar-refractivity contribution in [2.75, 3.05) is 0 Å². The quantitative estimate of drug-likeness (QED) is 0.940. The van der Waals surface area contributed by atoms with Crippen LogP contribution in [0.4, 0.5) is 13.2 Å². The van der Waals surface area contributed by atoms with Crippen LogP contribution in [-0.2, 0) is 12.7 Å². The molecule has 0 bridgehead atoms. The van der Waals surface area contributed by atoms with Crippen molar-refractivity contribution in [2.24, 2.45) is 0 Å². The third-order valence-corrected chi connectivity index (χ3v) is 2.70. The Labute approximate surface area is 120 Å². The zero-order valence-corrected chi connectivity index (χ0v) is 12.0. The average molecular weight is 299 g/mol. The fourth-order valence-corrected chi connectivity index (χ4v) is 1.59. The van der Waals surface area contributed by atoms with Crippen LogP contribution in [0.25, 0.3) is 11.5 Å². The molecule has 0 amide bonds. The minimum absolute atomic E-state index is 0.0881. The Balaban J connectivity index is 2.11. The molecule has 0 unspecified atom stereocenters. The molecular formula is C14H16F3N3O. The van der Waals surface area contributed by atoms with Gasteiger partial charge >= 0.3 is 6.18 Å². The molecule has 1 N–H and O–H groups in total. The molecule has 0 aliphatic carbocycles. The van der Waals surface area contributed by atoms with Gasteiger partial charge in [0.05, 0.1) is 12.1 Å². The molecule has 114 valence electrons. The molecule has 0 aliphatic heterocycles. The molecule has 0 radical (unpaired) electrons. The van der Waals surface area contributed by atoms with Crippen LogP contribution in [0.5, 0.6) is 0 Å². The second-order valence-electron chi connectivity index (χ2n) is 5.69. The molecule has 4 nitrogen and oxygen atoms in total. The third-order valence-electron chi connectivity index (χ3n) is 2.70. The van der Waals surface area contributed by atoms with Crippen LogP contribution in [0.3, 0.4) is 0 Å². The van der Waals surface area contributed by atoms with E-state index in [1.165, 1.54) is 12.1 Å². The fraction of sp³-hybridized carbons (Fsp3) is 0.429. The maximum atomic E-state index is 12.5. The first-order valence-corrected chi connectivity index (χ1v) is 6.40. The summed E-state index contributed by atoms with van der Waals surface area (Å²) in [5.74, 6) is 0.661. The lowest BCUT2D eigenvalue weighted by Crippen LogP contribution is -2.35. The van der Waals surface area contributed by atoms with E-state index >= 15 is 0 Å². The number of alkyl halides is 3. The topological polar surface area (TPSA) is 51.0 Å². The van der Waals surface area contributed by atoms with E-state index in [1.807, 2.05) is 20.8 Å². The number of halogens is 3. The van der Waals surface area contributed by atoms with Gasteiger partial charge in [0.15, 0.2) is 5.82 Å². The van der Waals surface area contributed by atoms with E-state index in [1.54, 1.807) is 0 Å². The van der Waals surface area contributed by atoms with Crippen LogP contribution < -0.4 is 5.32 Å². The number of rotatable bonds is 3.